The maximum absolute atomic E-state index is 13.1. The summed E-state index contributed by atoms with van der Waals surface area (Å²) in [5, 5.41) is 8.23. The first-order chi connectivity index (χ1) is 15.6. The van der Waals surface area contributed by atoms with E-state index in [0.29, 0.717) is 37.2 Å². The molecular formula is C23H24N4O5. The molecule has 1 unspecified atom stereocenters. The number of anilines is 1. The minimum atomic E-state index is -0.324. The number of piperidine rings is 1. The zero-order valence-corrected chi connectivity index (χ0v) is 17.8. The van der Waals surface area contributed by atoms with Crippen molar-refractivity contribution in [1.29, 1.82) is 0 Å². The van der Waals surface area contributed by atoms with Gasteiger partial charge >= 0.3 is 0 Å². The van der Waals surface area contributed by atoms with Gasteiger partial charge < -0.3 is 23.4 Å². The third kappa shape index (κ3) is 3.86. The molecule has 166 valence electrons. The molecule has 9 nitrogen and oxygen atoms in total. The predicted octanol–water partition coefficient (Wildman–Crippen LogP) is 3.10. The van der Waals surface area contributed by atoms with Crippen LogP contribution in [-0.2, 0) is 9.59 Å². The summed E-state index contributed by atoms with van der Waals surface area (Å²) in [6, 6.07) is 10.9. The minimum Gasteiger partial charge on any atom is -0.497 e. The largest absolute Gasteiger partial charge is 0.497 e. The zero-order valence-electron chi connectivity index (χ0n) is 17.8. The molecule has 2 aliphatic heterocycles. The lowest BCUT2D eigenvalue weighted by atomic mass is 9.95. The van der Waals surface area contributed by atoms with Gasteiger partial charge in [-0.1, -0.05) is 0 Å². The smallest absolute Gasteiger partial charge is 0.283 e. The molecule has 0 spiro atoms. The number of likely N-dealkylation sites (tertiary alicyclic amines) is 1. The molecule has 2 aliphatic rings. The SMILES string of the molecule is COc1ccc(N2CC(C(=O)N3CCC(c4nnc(-c5ccco5)o4)CC3)CC2=O)cc1. The van der Waals surface area contributed by atoms with Crippen LogP contribution in [0.5, 0.6) is 5.75 Å². The fraction of sp³-hybridized carbons (Fsp3) is 0.391. The monoisotopic (exact) mass is 436 g/mol. The van der Waals surface area contributed by atoms with E-state index in [2.05, 4.69) is 10.2 Å². The molecule has 1 atom stereocenters. The Morgan fingerprint density at radius 3 is 2.59 bits per heavy atom. The van der Waals surface area contributed by atoms with Crippen LogP contribution in [0.2, 0.25) is 0 Å². The molecular weight excluding hydrogens is 412 g/mol. The van der Waals surface area contributed by atoms with Crippen LogP contribution < -0.4 is 9.64 Å². The van der Waals surface area contributed by atoms with Crippen molar-refractivity contribution < 1.29 is 23.2 Å². The van der Waals surface area contributed by atoms with Gasteiger partial charge in [0.05, 0.1) is 19.3 Å². The van der Waals surface area contributed by atoms with E-state index in [1.165, 1.54) is 0 Å². The number of ether oxygens (including phenoxy) is 1. The fourth-order valence-corrected chi connectivity index (χ4v) is 4.39. The maximum atomic E-state index is 13.1. The van der Waals surface area contributed by atoms with E-state index in [-0.39, 0.29) is 30.1 Å². The molecule has 32 heavy (non-hydrogen) atoms. The summed E-state index contributed by atoms with van der Waals surface area (Å²) in [5.74, 6) is 2.01. The molecule has 3 aromatic rings. The lowest BCUT2D eigenvalue weighted by Crippen LogP contribution is -2.42. The number of nitrogens with zero attached hydrogens (tertiary/aromatic N) is 4. The van der Waals surface area contributed by atoms with Crippen LogP contribution in [0.15, 0.2) is 51.5 Å². The molecule has 2 fully saturated rings. The van der Waals surface area contributed by atoms with Crippen molar-refractivity contribution in [3.63, 3.8) is 0 Å². The highest BCUT2D eigenvalue weighted by Gasteiger charge is 2.38. The first-order valence-electron chi connectivity index (χ1n) is 10.7. The van der Waals surface area contributed by atoms with Crippen LogP contribution >= 0.6 is 0 Å². The fourth-order valence-electron chi connectivity index (χ4n) is 4.39. The van der Waals surface area contributed by atoms with Crippen molar-refractivity contribution in [3.05, 3.63) is 48.6 Å². The third-order valence-corrected chi connectivity index (χ3v) is 6.19. The van der Waals surface area contributed by atoms with Crippen LogP contribution in [0.4, 0.5) is 5.69 Å². The molecule has 0 aliphatic carbocycles. The number of amides is 2. The molecule has 0 radical (unpaired) electrons. The number of aromatic nitrogens is 2. The third-order valence-electron chi connectivity index (χ3n) is 6.19. The normalized spacial score (nSPS) is 19.5. The second-order valence-electron chi connectivity index (χ2n) is 8.13. The Hall–Kier alpha value is -3.62. The van der Waals surface area contributed by atoms with E-state index in [1.54, 1.807) is 30.4 Å². The Morgan fingerprint density at radius 1 is 1.12 bits per heavy atom. The van der Waals surface area contributed by atoms with Gasteiger partial charge in [-0.05, 0) is 49.2 Å². The molecule has 2 aromatic heterocycles. The Morgan fingerprint density at radius 2 is 1.91 bits per heavy atom. The van der Waals surface area contributed by atoms with Crippen LogP contribution in [0.25, 0.3) is 11.7 Å². The lowest BCUT2D eigenvalue weighted by molar-refractivity contribution is -0.136. The van der Waals surface area contributed by atoms with E-state index in [0.717, 1.165) is 24.3 Å². The van der Waals surface area contributed by atoms with Crippen molar-refractivity contribution in [2.75, 3.05) is 31.6 Å². The molecule has 5 rings (SSSR count). The number of rotatable bonds is 5. The second-order valence-corrected chi connectivity index (χ2v) is 8.13. The summed E-state index contributed by atoms with van der Waals surface area (Å²) in [7, 11) is 1.60. The van der Waals surface area contributed by atoms with Gasteiger partial charge in [-0.25, -0.2) is 0 Å². The Kier molecular flexibility index (Phi) is 5.38. The van der Waals surface area contributed by atoms with Gasteiger partial charge in [0.25, 0.3) is 5.89 Å². The topological polar surface area (TPSA) is 102 Å². The van der Waals surface area contributed by atoms with Gasteiger partial charge in [0.1, 0.15) is 5.75 Å². The van der Waals surface area contributed by atoms with Crippen LogP contribution in [0.3, 0.4) is 0 Å². The summed E-state index contributed by atoms with van der Waals surface area (Å²) in [5.41, 5.74) is 0.786. The van der Waals surface area contributed by atoms with Crippen LogP contribution in [0.1, 0.15) is 31.1 Å². The molecule has 1 aromatic carbocycles. The van der Waals surface area contributed by atoms with E-state index < -0.39 is 0 Å². The average Bonchev–Trinajstić information content (AvgIpc) is 3.59. The van der Waals surface area contributed by atoms with Gasteiger partial charge in [0.2, 0.25) is 17.7 Å². The van der Waals surface area contributed by atoms with E-state index >= 15 is 0 Å². The molecule has 9 heteroatoms. The van der Waals surface area contributed by atoms with Gasteiger partial charge in [0, 0.05) is 37.7 Å². The minimum absolute atomic E-state index is 0.0280. The highest BCUT2D eigenvalue weighted by Crippen LogP contribution is 2.32. The Bertz CT molecular complexity index is 1080. The number of furan rings is 1. The molecule has 0 N–H and O–H groups in total. The predicted molar refractivity (Wildman–Crippen MR) is 114 cm³/mol. The highest BCUT2D eigenvalue weighted by molar-refractivity contribution is 6.00. The number of methoxy groups -OCH3 is 1. The Labute approximate surface area is 185 Å². The van der Waals surface area contributed by atoms with Crippen LogP contribution in [-0.4, -0.2) is 53.7 Å². The molecule has 2 saturated heterocycles. The van der Waals surface area contributed by atoms with Crippen molar-refractivity contribution in [3.8, 4) is 17.4 Å². The summed E-state index contributed by atoms with van der Waals surface area (Å²) in [6.45, 7) is 1.62. The van der Waals surface area contributed by atoms with Gasteiger partial charge in [0.15, 0.2) is 5.76 Å². The number of hydrogen-bond donors (Lipinski definition) is 0. The molecule has 0 bridgehead atoms. The standard InChI is InChI=1S/C23H24N4O5/c1-30-18-6-4-17(5-7-18)27-14-16(13-20(27)28)23(29)26-10-8-15(9-11-26)21-24-25-22(32-21)19-3-2-12-31-19/h2-7,12,15-16H,8-11,13-14H2,1H3. The second kappa shape index (κ2) is 8.49. The summed E-state index contributed by atoms with van der Waals surface area (Å²) in [4.78, 5) is 29.2. The van der Waals surface area contributed by atoms with E-state index in [9.17, 15) is 9.59 Å². The average molecular weight is 436 g/mol. The number of hydrogen-bond acceptors (Lipinski definition) is 7. The van der Waals surface area contributed by atoms with Gasteiger partial charge in [-0.15, -0.1) is 10.2 Å². The summed E-state index contributed by atoms with van der Waals surface area (Å²) in [6.07, 6.45) is 3.29. The highest BCUT2D eigenvalue weighted by atomic mass is 16.5. The van der Waals surface area contributed by atoms with E-state index in [4.69, 9.17) is 13.6 Å². The van der Waals surface area contributed by atoms with E-state index in [1.807, 2.05) is 29.2 Å². The quantitative estimate of drug-likeness (QED) is 0.606. The first-order valence-corrected chi connectivity index (χ1v) is 10.7. The maximum Gasteiger partial charge on any atom is 0.283 e. The Balaban J connectivity index is 1.18. The lowest BCUT2D eigenvalue weighted by Gasteiger charge is -2.32. The van der Waals surface area contributed by atoms with Gasteiger partial charge in [-0.2, -0.15) is 0 Å². The van der Waals surface area contributed by atoms with Crippen molar-refractivity contribution in [2.24, 2.45) is 5.92 Å². The molecule has 2 amide bonds. The number of benzene rings is 1. The van der Waals surface area contributed by atoms with Crippen molar-refractivity contribution in [1.82, 2.24) is 15.1 Å². The summed E-state index contributed by atoms with van der Waals surface area (Å²) < 4.78 is 16.3. The molecule has 4 heterocycles. The first kappa shape index (κ1) is 20.3. The van der Waals surface area contributed by atoms with Gasteiger partial charge in [-0.3, -0.25) is 9.59 Å². The molecule has 0 saturated carbocycles. The van der Waals surface area contributed by atoms with Crippen LogP contribution in [0, 0.1) is 5.92 Å². The van der Waals surface area contributed by atoms with Crippen molar-refractivity contribution in [2.45, 2.75) is 25.2 Å². The number of carbonyl (C=O) groups excluding carboxylic acids is 2. The zero-order chi connectivity index (χ0) is 22.1. The van der Waals surface area contributed by atoms with Crippen molar-refractivity contribution >= 4 is 17.5 Å². The summed E-state index contributed by atoms with van der Waals surface area (Å²) >= 11 is 0. The number of carbonyl (C=O) groups is 2.